The van der Waals surface area contributed by atoms with Gasteiger partial charge in [0.1, 0.15) is 12.2 Å². The van der Waals surface area contributed by atoms with Crippen LogP contribution >= 0.6 is 11.6 Å². The highest BCUT2D eigenvalue weighted by atomic mass is 35.5. The summed E-state index contributed by atoms with van der Waals surface area (Å²) in [5.41, 5.74) is 6.51. The third kappa shape index (κ3) is 2.92. The van der Waals surface area contributed by atoms with Crippen molar-refractivity contribution in [3.8, 4) is 0 Å². The molecule has 1 heterocycles. The number of aromatic amines is 1. The first-order chi connectivity index (χ1) is 9.31. The standard InChI is InChI=1S/C11H14ClN5O2S/c1-6-3-8(4-9(13)10(6)12)20(18,19)17-7(2)11-14-5-15-16-11/h3-5,7,17H,13H2,1-2H3,(H,14,15,16). The molecule has 0 spiro atoms. The minimum absolute atomic E-state index is 0.0586. The fourth-order valence-corrected chi connectivity index (χ4v) is 3.13. The van der Waals surface area contributed by atoms with Gasteiger partial charge >= 0.3 is 0 Å². The number of nitrogens with zero attached hydrogens (tertiary/aromatic N) is 2. The van der Waals surface area contributed by atoms with Crippen molar-refractivity contribution in [2.24, 2.45) is 0 Å². The van der Waals surface area contributed by atoms with E-state index in [0.717, 1.165) is 0 Å². The molecule has 2 rings (SSSR count). The smallest absolute Gasteiger partial charge is 0.241 e. The molecule has 0 radical (unpaired) electrons. The van der Waals surface area contributed by atoms with Crippen molar-refractivity contribution in [2.75, 3.05) is 5.73 Å². The number of benzene rings is 1. The number of anilines is 1. The number of rotatable bonds is 4. The van der Waals surface area contributed by atoms with Crippen molar-refractivity contribution in [2.45, 2.75) is 24.8 Å². The van der Waals surface area contributed by atoms with Gasteiger partial charge in [0, 0.05) is 0 Å². The average molecular weight is 316 g/mol. The molecular weight excluding hydrogens is 302 g/mol. The predicted octanol–water partition coefficient (Wildman–Crippen LogP) is 1.39. The molecule has 1 atom stereocenters. The van der Waals surface area contributed by atoms with E-state index in [1.807, 2.05) is 0 Å². The summed E-state index contributed by atoms with van der Waals surface area (Å²) in [5, 5.41) is 6.64. The minimum atomic E-state index is -3.72. The second-order valence-corrected chi connectivity index (χ2v) is 6.45. The minimum Gasteiger partial charge on any atom is -0.397 e. The molecule has 0 aliphatic rings. The molecule has 1 aromatic heterocycles. The van der Waals surface area contributed by atoms with Gasteiger partial charge in [-0.25, -0.2) is 18.1 Å². The Labute approximate surface area is 121 Å². The van der Waals surface area contributed by atoms with Crippen LogP contribution in [-0.2, 0) is 10.0 Å². The van der Waals surface area contributed by atoms with Gasteiger partial charge in [-0.2, -0.15) is 5.10 Å². The largest absolute Gasteiger partial charge is 0.397 e. The van der Waals surface area contributed by atoms with Gasteiger partial charge in [-0.1, -0.05) is 11.6 Å². The van der Waals surface area contributed by atoms with Crippen LogP contribution in [0.15, 0.2) is 23.4 Å². The van der Waals surface area contributed by atoms with Gasteiger partial charge in [0.05, 0.1) is 21.6 Å². The van der Waals surface area contributed by atoms with Crippen LogP contribution in [-0.4, -0.2) is 23.6 Å². The maximum atomic E-state index is 12.3. The lowest BCUT2D eigenvalue weighted by Gasteiger charge is -2.13. The molecule has 20 heavy (non-hydrogen) atoms. The zero-order chi connectivity index (χ0) is 14.9. The van der Waals surface area contributed by atoms with E-state index in [-0.39, 0.29) is 10.6 Å². The molecule has 0 aliphatic carbocycles. The van der Waals surface area contributed by atoms with Crippen LogP contribution in [0.2, 0.25) is 5.02 Å². The molecule has 0 amide bonds. The quantitative estimate of drug-likeness (QED) is 0.738. The second kappa shape index (κ2) is 5.39. The lowest BCUT2D eigenvalue weighted by atomic mass is 10.2. The Morgan fingerprint density at radius 3 is 2.70 bits per heavy atom. The molecule has 1 aromatic carbocycles. The summed E-state index contributed by atoms with van der Waals surface area (Å²) < 4.78 is 27.1. The molecule has 4 N–H and O–H groups in total. The number of nitrogens with two attached hydrogens (primary N) is 1. The summed E-state index contributed by atoms with van der Waals surface area (Å²) in [6.07, 6.45) is 1.31. The third-order valence-electron chi connectivity index (χ3n) is 2.74. The molecule has 0 saturated carbocycles. The molecule has 1 unspecified atom stereocenters. The molecule has 0 fully saturated rings. The van der Waals surface area contributed by atoms with E-state index >= 15 is 0 Å². The van der Waals surface area contributed by atoms with E-state index in [1.54, 1.807) is 13.8 Å². The highest BCUT2D eigenvalue weighted by Gasteiger charge is 2.21. The predicted molar refractivity (Wildman–Crippen MR) is 75.7 cm³/mol. The molecule has 108 valence electrons. The highest BCUT2D eigenvalue weighted by molar-refractivity contribution is 7.89. The zero-order valence-corrected chi connectivity index (χ0v) is 12.5. The van der Waals surface area contributed by atoms with Crippen molar-refractivity contribution >= 4 is 27.3 Å². The van der Waals surface area contributed by atoms with E-state index in [4.69, 9.17) is 17.3 Å². The van der Waals surface area contributed by atoms with Crippen molar-refractivity contribution in [3.63, 3.8) is 0 Å². The Morgan fingerprint density at radius 1 is 1.45 bits per heavy atom. The SMILES string of the molecule is Cc1cc(S(=O)(=O)NC(C)c2ncn[nH]2)cc(N)c1Cl. The van der Waals surface area contributed by atoms with Gasteiger partial charge in [0.25, 0.3) is 0 Å². The fourth-order valence-electron chi connectivity index (χ4n) is 1.70. The van der Waals surface area contributed by atoms with Gasteiger partial charge in [-0.15, -0.1) is 0 Å². The Kier molecular flexibility index (Phi) is 3.98. The van der Waals surface area contributed by atoms with Crippen LogP contribution in [0.1, 0.15) is 24.4 Å². The molecule has 0 bridgehead atoms. The lowest BCUT2D eigenvalue weighted by molar-refractivity contribution is 0.560. The van der Waals surface area contributed by atoms with E-state index < -0.39 is 16.1 Å². The number of H-pyrrole nitrogens is 1. The van der Waals surface area contributed by atoms with Gasteiger partial charge in [0.2, 0.25) is 10.0 Å². The third-order valence-corrected chi connectivity index (χ3v) is 4.78. The number of aryl methyl sites for hydroxylation is 1. The first-order valence-corrected chi connectivity index (χ1v) is 7.60. The first-order valence-electron chi connectivity index (χ1n) is 5.74. The Morgan fingerprint density at radius 2 is 2.15 bits per heavy atom. The number of sulfonamides is 1. The zero-order valence-electron chi connectivity index (χ0n) is 10.9. The molecule has 2 aromatic rings. The molecule has 0 saturated heterocycles. The molecule has 9 heteroatoms. The van der Waals surface area contributed by atoms with E-state index in [0.29, 0.717) is 16.4 Å². The topological polar surface area (TPSA) is 114 Å². The number of hydrogen-bond acceptors (Lipinski definition) is 5. The van der Waals surface area contributed by atoms with Crippen LogP contribution in [0.25, 0.3) is 0 Å². The Balaban J connectivity index is 2.31. The lowest BCUT2D eigenvalue weighted by Crippen LogP contribution is -2.27. The van der Waals surface area contributed by atoms with Crippen molar-refractivity contribution in [1.29, 1.82) is 0 Å². The van der Waals surface area contributed by atoms with E-state index in [2.05, 4.69) is 19.9 Å². The summed E-state index contributed by atoms with van der Waals surface area (Å²) in [7, 11) is -3.72. The second-order valence-electron chi connectivity index (χ2n) is 4.36. The Bertz CT molecular complexity index is 691. The summed E-state index contributed by atoms with van der Waals surface area (Å²) in [4.78, 5) is 3.96. The van der Waals surface area contributed by atoms with E-state index in [1.165, 1.54) is 18.5 Å². The van der Waals surface area contributed by atoms with Gasteiger partial charge in [0.15, 0.2) is 0 Å². The summed E-state index contributed by atoms with van der Waals surface area (Å²) in [6.45, 7) is 3.35. The first kappa shape index (κ1) is 14.8. The summed E-state index contributed by atoms with van der Waals surface area (Å²) >= 11 is 5.92. The summed E-state index contributed by atoms with van der Waals surface area (Å²) in [5.74, 6) is 0.423. The maximum absolute atomic E-state index is 12.3. The van der Waals surface area contributed by atoms with Crippen LogP contribution in [0.4, 0.5) is 5.69 Å². The number of nitrogen functional groups attached to an aromatic ring is 1. The number of halogens is 1. The number of nitrogens with one attached hydrogen (secondary N) is 2. The normalized spacial score (nSPS) is 13.3. The van der Waals surface area contributed by atoms with Crippen molar-refractivity contribution < 1.29 is 8.42 Å². The highest BCUT2D eigenvalue weighted by Crippen LogP contribution is 2.27. The van der Waals surface area contributed by atoms with E-state index in [9.17, 15) is 8.42 Å². The molecular formula is C11H14ClN5O2S. The van der Waals surface area contributed by atoms with Crippen molar-refractivity contribution in [1.82, 2.24) is 19.9 Å². The van der Waals surface area contributed by atoms with Crippen LogP contribution in [0.5, 0.6) is 0 Å². The summed E-state index contributed by atoms with van der Waals surface area (Å²) in [6, 6.07) is 2.25. The molecule has 7 nitrogen and oxygen atoms in total. The van der Waals surface area contributed by atoms with Crippen LogP contribution < -0.4 is 10.5 Å². The monoisotopic (exact) mass is 315 g/mol. The fraction of sp³-hybridized carbons (Fsp3) is 0.273. The maximum Gasteiger partial charge on any atom is 0.241 e. The van der Waals surface area contributed by atoms with Crippen molar-refractivity contribution in [3.05, 3.63) is 34.9 Å². The van der Waals surface area contributed by atoms with Crippen LogP contribution in [0.3, 0.4) is 0 Å². The van der Waals surface area contributed by atoms with Gasteiger partial charge < -0.3 is 5.73 Å². The Hall–Kier alpha value is -1.64. The average Bonchev–Trinajstić information content (AvgIpc) is 2.88. The number of aromatic nitrogens is 3. The van der Waals surface area contributed by atoms with Crippen LogP contribution in [0, 0.1) is 6.92 Å². The van der Waals surface area contributed by atoms with Gasteiger partial charge in [-0.05, 0) is 31.5 Å². The van der Waals surface area contributed by atoms with Gasteiger partial charge in [-0.3, -0.25) is 5.10 Å². The number of hydrogen-bond donors (Lipinski definition) is 3. The molecule has 0 aliphatic heterocycles.